The zero-order chi connectivity index (χ0) is 16.1. The van der Waals surface area contributed by atoms with Crippen molar-refractivity contribution in [1.29, 1.82) is 0 Å². The molecule has 120 valence electrons. The fourth-order valence-electron chi connectivity index (χ4n) is 2.09. The Labute approximate surface area is 142 Å². The summed E-state index contributed by atoms with van der Waals surface area (Å²) < 4.78 is 12.5. The summed E-state index contributed by atoms with van der Waals surface area (Å²) in [7, 11) is 3.32. The van der Waals surface area contributed by atoms with Gasteiger partial charge in [-0.05, 0) is 40.1 Å². The van der Waals surface area contributed by atoms with Crippen LogP contribution in [0.4, 0.5) is 0 Å². The van der Waals surface area contributed by atoms with Crippen LogP contribution >= 0.6 is 23.1 Å². The van der Waals surface area contributed by atoms with Crippen LogP contribution < -0.4 is 9.47 Å². The van der Waals surface area contributed by atoms with E-state index in [2.05, 4.69) is 21.6 Å². The molecule has 6 nitrogen and oxygen atoms in total. The van der Waals surface area contributed by atoms with Gasteiger partial charge in [0.15, 0.2) is 0 Å². The average Bonchev–Trinajstić information content (AvgIpc) is 3.25. The molecule has 0 spiro atoms. The topological polar surface area (TPSA) is 62.1 Å². The first-order chi connectivity index (χ1) is 11.3. The maximum atomic E-state index is 5.40. The standard InChI is InChI=1S/C15H16N4O2S2/c1-20-12-5-6-14(21-2)11(8-12)10-23-15-16-17-18-19(15)9-13-4-3-7-22-13/h3-8H,9-10H2,1-2H3. The van der Waals surface area contributed by atoms with E-state index in [0.29, 0.717) is 12.3 Å². The van der Waals surface area contributed by atoms with E-state index in [-0.39, 0.29) is 0 Å². The number of nitrogens with zero attached hydrogens (tertiary/aromatic N) is 4. The van der Waals surface area contributed by atoms with Crippen LogP contribution in [0.1, 0.15) is 10.4 Å². The second-order valence-corrected chi connectivity index (χ2v) is 6.64. The molecule has 3 rings (SSSR count). The number of hydrogen-bond donors (Lipinski definition) is 0. The van der Waals surface area contributed by atoms with Gasteiger partial charge in [-0.15, -0.1) is 16.4 Å². The highest BCUT2D eigenvalue weighted by Crippen LogP contribution is 2.30. The van der Waals surface area contributed by atoms with E-state index in [0.717, 1.165) is 22.2 Å². The van der Waals surface area contributed by atoms with Crippen LogP contribution in [0, 0.1) is 0 Å². The number of ether oxygens (including phenoxy) is 2. The summed E-state index contributed by atoms with van der Waals surface area (Å²) in [5, 5.41) is 14.8. The van der Waals surface area contributed by atoms with Gasteiger partial charge in [0.25, 0.3) is 0 Å². The molecule has 0 saturated carbocycles. The Morgan fingerprint density at radius 2 is 2.13 bits per heavy atom. The number of thiophene rings is 1. The Kier molecular flexibility index (Phi) is 5.14. The summed E-state index contributed by atoms with van der Waals surface area (Å²) in [6.45, 7) is 0.683. The number of methoxy groups -OCH3 is 2. The van der Waals surface area contributed by atoms with Crippen LogP contribution in [0.15, 0.2) is 40.9 Å². The zero-order valence-corrected chi connectivity index (χ0v) is 14.4. The lowest BCUT2D eigenvalue weighted by Crippen LogP contribution is -2.02. The number of tetrazole rings is 1. The van der Waals surface area contributed by atoms with E-state index in [4.69, 9.17) is 9.47 Å². The number of benzene rings is 1. The van der Waals surface area contributed by atoms with Crippen LogP contribution in [0.5, 0.6) is 11.5 Å². The molecular formula is C15H16N4O2S2. The van der Waals surface area contributed by atoms with Gasteiger partial charge >= 0.3 is 0 Å². The summed E-state index contributed by atoms with van der Waals surface area (Å²) in [5.74, 6) is 2.33. The molecule has 0 aliphatic rings. The highest BCUT2D eigenvalue weighted by Gasteiger charge is 2.11. The summed E-state index contributed by atoms with van der Waals surface area (Å²) in [6.07, 6.45) is 0. The normalized spacial score (nSPS) is 10.7. The van der Waals surface area contributed by atoms with Crippen molar-refractivity contribution in [1.82, 2.24) is 20.2 Å². The summed E-state index contributed by atoms with van der Waals surface area (Å²) in [5.41, 5.74) is 1.04. The maximum absolute atomic E-state index is 5.40. The summed E-state index contributed by atoms with van der Waals surface area (Å²) in [6, 6.07) is 9.86. The molecule has 0 unspecified atom stereocenters. The van der Waals surface area contributed by atoms with Gasteiger partial charge in [0, 0.05) is 16.2 Å². The molecule has 0 radical (unpaired) electrons. The van der Waals surface area contributed by atoms with Gasteiger partial charge in [-0.1, -0.05) is 17.8 Å². The zero-order valence-electron chi connectivity index (χ0n) is 12.8. The van der Waals surface area contributed by atoms with Gasteiger partial charge in [-0.2, -0.15) is 0 Å². The fourth-order valence-corrected chi connectivity index (χ4v) is 3.63. The largest absolute Gasteiger partial charge is 0.497 e. The fraction of sp³-hybridized carbons (Fsp3) is 0.267. The van der Waals surface area contributed by atoms with Gasteiger partial charge in [0.2, 0.25) is 5.16 Å². The molecule has 1 aromatic carbocycles. The van der Waals surface area contributed by atoms with Crippen LogP contribution in [0.3, 0.4) is 0 Å². The molecule has 23 heavy (non-hydrogen) atoms. The predicted molar refractivity (Wildman–Crippen MR) is 90.3 cm³/mol. The lowest BCUT2D eigenvalue weighted by Gasteiger charge is -2.10. The van der Waals surface area contributed by atoms with Crippen molar-refractivity contribution in [3.8, 4) is 11.5 Å². The van der Waals surface area contributed by atoms with Crippen molar-refractivity contribution in [3.63, 3.8) is 0 Å². The molecule has 0 amide bonds. The van der Waals surface area contributed by atoms with E-state index in [9.17, 15) is 0 Å². The molecule has 2 aromatic heterocycles. The first-order valence-corrected chi connectivity index (χ1v) is 8.79. The lowest BCUT2D eigenvalue weighted by atomic mass is 10.2. The SMILES string of the molecule is COc1ccc(OC)c(CSc2nnnn2Cc2cccs2)c1. The molecule has 0 saturated heterocycles. The minimum absolute atomic E-state index is 0.683. The molecule has 0 aliphatic heterocycles. The Bertz CT molecular complexity index is 759. The minimum atomic E-state index is 0.683. The third-order valence-corrected chi connectivity index (χ3v) is 5.10. The molecule has 0 aliphatic carbocycles. The van der Waals surface area contributed by atoms with E-state index >= 15 is 0 Å². The molecule has 2 heterocycles. The third-order valence-electron chi connectivity index (χ3n) is 3.23. The van der Waals surface area contributed by atoms with E-state index in [1.807, 2.05) is 34.3 Å². The Hall–Kier alpha value is -2.06. The first kappa shape index (κ1) is 15.8. The first-order valence-electron chi connectivity index (χ1n) is 6.92. The smallest absolute Gasteiger partial charge is 0.209 e. The Morgan fingerprint density at radius 1 is 1.22 bits per heavy atom. The molecule has 8 heteroatoms. The minimum Gasteiger partial charge on any atom is -0.497 e. The molecular weight excluding hydrogens is 332 g/mol. The van der Waals surface area contributed by atoms with Crippen LogP contribution in [0.25, 0.3) is 0 Å². The summed E-state index contributed by atoms with van der Waals surface area (Å²) >= 11 is 3.27. The third kappa shape index (κ3) is 3.83. The maximum Gasteiger partial charge on any atom is 0.209 e. The van der Waals surface area contributed by atoms with Crippen LogP contribution in [-0.4, -0.2) is 34.4 Å². The molecule has 0 atom stereocenters. The quantitative estimate of drug-likeness (QED) is 0.612. The predicted octanol–water partition coefficient (Wildman–Crippen LogP) is 3.09. The monoisotopic (exact) mass is 348 g/mol. The number of hydrogen-bond acceptors (Lipinski definition) is 7. The van der Waals surface area contributed by atoms with Crippen molar-refractivity contribution in [2.75, 3.05) is 14.2 Å². The molecule has 0 bridgehead atoms. The second-order valence-electron chi connectivity index (χ2n) is 4.66. The van der Waals surface area contributed by atoms with Crippen molar-refractivity contribution in [2.24, 2.45) is 0 Å². The average molecular weight is 348 g/mol. The van der Waals surface area contributed by atoms with Gasteiger partial charge in [-0.3, -0.25) is 0 Å². The van der Waals surface area contributed by atoms with Crippen molar-refractivity contribution < 1.29 is 9.47 Å². The van der Waals surface area contributed by atoms with Crippen molar-refractivity contribution >= 4 is 23.1 Å². The van der Waals surface area contributed by atoms with Crippen LogP contribution in [0.2, 0.25) is 0 Å². The van der Waals surface area contributed by atoms with E-state index in [1.165, 1.54) is 4.88 Å². The van der Waals surface area contributed by atoms with E-state index in [1.54, 1.807) is 37.3 Å². The number of rotatable bonds is 7. The van der Waals surface area contributed by atoms with Gasteiger partial charge in [0.1, 0.15) is 11.5 Å². The highest BCUT2D eigenvalue weighted by atomic mass is 32.2. The highest BCUT2D eigenvalue weighted by molar-refractivity contribution is 7.98. The van der Waals surface area contributed by atoms with E-state index < -0.39 is 0 Å². The van der Waals surface area contributed by atoms with Gasteiger partial charge in [-0.25, -0.2) is 4.68 Å². The molecule has 3 aromatic rings. The second kappa shape index (κ2) is 7.47. The lowest BCUT2D eigenvalue weighted by molar-refractivity contribution is 0.400. The number of aromatic nitrogens is 4. The van der Waals surface area contributed by atoms with Crippen LogP contribution in [-0.2, 0) is 12.3 Å². The number of thioether (sulfide) groups is 1. The molecule has 0 N–H and O–H groups in total. The van der Waals surface area contributed by atoms with Gasteiger partial charge in [0.05, 0.1) is 20.8 Å². The van der Waals surface area contributed by atoms with Gasteiger partial charge < -0.3 is 9.47 Å². The molecule has 0 fully saturated rings. The summed E-state index contributed by atoms with van der Waals surface area (Å²) in [4.78, 5) is 1.22. The Balaban J connectivity index is 1.73. The van der Waals surface area contributed by atoms with Crippen molar-refractivity contribution in [3.05, 3.63) is 46.2 Å². The Morgan fingerprint density at radius 3 is 2.87 bits per heavy atom. The van der Waals surface area contributed by atoms with Crippen molar-refractivity contribution in [2.45, 2.75) is 17.5 Å².